The Bertz CT molecular complexity index is 288. The molecule has 0 N–H and O–H groups in total. The molecule has 2 rings (SSSR count). The zero-order valence-electron chi connectivity index (χ0n) is 10.5. The van der Waals surface area contributed by atoms with E-state index in [1.54, 1.807) is 0 Å². The average Bonchev–Trinajstić information content (AvgIpc) is 2.38. The molecule has 1 aliphatic carbocycles. The summed E-state index contributed by atoms with van der Waals surface area (Å²) in [6.45, 7) is 2.35. The molecule has 0 saturated heterocycles. The van der Waals surface area contributed by atoms with Crippen LogP contribution in [0.1, 0.15) is 51.0 Å². The highest BCUT2D eigenvalue weighted by Gasteiger charge is 2.20. The Balaban J connectivity index is 1.77. The highest BCUT2D eigenvalue weighted by atomic mass is 14.3. The molecule has 0 radical (unpaired) electrons. The quantitative estimate of drug-likeness (QED) is 0.676. The second-order valence-electron chi connectivity index (χ2n) is 5.33. The molecule has 1 saturated carbocycles. The molecule has 0 amide bonds. The first-order valence-corrected chi connectivity index (χ1v) is 6.92. The predicted octanol–water partition coefficient (Wildman–Crippen LogP) is 4.84. The van der Waals surface area contributed by atoms with E-state index in [1.165, 1.54) is 50.5 Å². The summed E-state index contributed by atoms with van der Waals surface area (Å²) in [7, 11) is 0. The van der Waals surface area contributed by atoms with E-state index >= 15 is 0 Å². The van der Waals surface area contributed by atoms with Gasteiger partial charge in [-0.1, -0.05) is 62.9 Å². The number of hydrogen-bond acceptors (Lipinski definition) is 0. The Morgan fingerprint density at radius 2 is 1.81 bits per heavy atom. The van der Waals surface area contributed by atoms with Crippen molar-refractivity contribution in [3.8, 4) is 0 Å². The minimum Gasteiger partial charge on any atom is -0.0651 e. The molecular weight excluding hydrogens is 192 g/mol. The summed E-state index contributed by atoms with van der Waals surface area (Å²) in [5, 5.41) is 0. The van der Waals surface area contributed by atoms with E-state index < -0.39 is 0 Å². The third-order valence-electron chi connectivity index (χ3n) is 4.15. The van der Waals surface area contributed by atoms with E-state index in [0.29, 0.717) is 0 Å². The normalized spacial score (nSPS) is 25.6. The predicted molar refractivity (Wildman–Crippen MR) is 70.5 cm³/mol. The van der Waals surface area contributed by atoms with Gasteiger partial charge in [-0.2, -0.15) is 0 Å². The molecule has 16 heavy (non-hydrogen) atoms. The summed E-state index contributed by atoms with van der Waals surface area (Å²) in [4.78, 5) is 0. The van der Waals surface area contributed by atoms with Gasteiger partial charge in [0.25, 0.3) is 0 Å². The highest BCUT2D eigenvalue weighted by Crippen LogP contribution is 2.33. The van der Waals surface area contributed by atoms with E-state index in [2.05, 4.69) is 37.3 Å². The SMILES string of the molecule is CCC1CCCC(CCc2ccccc2)C1. The third-order valence-corrected chi connectivity index (χ3v) is 4.15. The number of hydrogen-bond donors (Lipinski definition) is 0. The lowest BCUT2D eigenvalue weighted by molar-refractivity contribution is 0.250. The van der Waals surface area contributed by atoms with Gasteiger partial charge < -0.3 is 0 Å². The summed E-state index contributed by atoms with van der Waals surface area (Å²) in [5.41, 5.74) is 1.51. The van der Waals surface area contributed by atoms with Crippen molar-refractivity contribution in [2.75, 3.05) is 0 Å². The minimum atomic E-state index is 0.999. The van der Waals surface area contributed by atoms with Crippen molar-refractivity contribution >= 4 is 0 Å². The Hall–Kier alpha value is -0.780. The van der Waals surface area contributed by atoms with E-state index in [-0.39, 0.29) is 0 Å². The van der Waals surface area contributed by atoms with Crippen LogP contribution in [0.5, 0.6) is 0 Å². The van der Waals surface area contributed by atoms with Crippen LogP contribution < -0.4 is 0 Å². The Morgan fingerprint density at radius 1 is 1.06 bits per heavy atom. The lowest BCUT2D eigenvalue weighted by atomic mass is 9.78. The first-order chi connectivity index (χ1) is 7.88. The monoisotopic (exact) mass is 216 g/mol. The van der Waals surface area contributed by atoms with Gasteiger partial charge in [0.2, 0.25) is 0 Å². The molecule has 2 atom stereocenters. The molecule has 0 nitrogen and oxygen atoms in total. The van der Waals surface area contributed by atoms with Gasteiger partial charge in [0.05, 0.1) is 0 Å². The Kier molecular flexibility index (Phi) is 4.44. The van der Waals surface area contributed by atoms with Crippen molar-refractivity contribution in [1.82, 2.24) is 0 Å². The van der Waals surface area contributed by atoms with Crippen LogP contribution in [0.4, 0.5) is 0 Å². The number of aryl methyl sites for hydroxylation is 1. The van der Waals surface area contributed by atoms with Crippen molar-refractivity contribution in [1.29, 1.82) is 0 Å². The van der Waals surface area contributed by atoms with Crippen LogP contribution in [0.15, 0.2) is 30.3 Å². The van der Waals surface area contributed by atoms with Crippen LogP contribution in [0, 0.1) is 11.8 Å². The molecule has 2 unspecified atom stereocenters. The van der Waals surface area contributed by atoms with Crippen LogP contribution in [-0.4, -0.2) is 0 Å². The molecule has 0 aliphatic heterocycles. The lowest BCUT2D eigenvalue weighted by Gasteiger charge is -2.28. The van der Waals surface area contributed by atoms with Gasteiger partial charge in [-0.3, -0.25) is 0 Å². The van der Waals surface area contributed by atoms with Gasteiger partial charge >= 0.3 is 0 Å². The van der Waals surface area contributed by atoms with Gasteiger partial charge in [-0.05, 0) is 36.7 Å². The summed E-state index contributed by atoms with van der Waals surface area (Å²) in [5.74, 6) is 2.02. The van der Waals surface area contributed by atoms with E-state index in [4.69, 9.17) is 0 Å². The maximum atomic E-state index is 2.35. The molecule has 1 aromatic rings. The molecule has 0 aromatic heterocycles. The average molecular weight is 216 g/mol. The lowest BCUT2D eigenvalue weighted by Crippen LogP contribution is -2.15. The zero-order chi connectivity index (χ0) is 11.2. The molecule has 0 spiro atoms. The van der Waals surface area contributed by atoms with Crippen LogP contribution in [0.25, 0.3) is 0 Å². The second-order valence-corrected chi connectivity index (χ2v) is 5.33. The highest BCUT2D eigenvalue weighted by molar-refractivity contribution is 5.14. The van der Waals surface area contributed by atoms with Crippen molar-refractivity contribution < 1.29 is 0 Å². The van der Waals surface area contributed by atoms with Gasteiger partial charge in [0.1, 0.15) is 0 Å². The van der Waals surface area contributed by atoms with E-state index in [1.807, 2.05) is 0 Å². The van der Waals surface area contributed by atoms with Crippen molar-refractivity contribution in [3.63, 3.8) is 0 Å². The molecule has 1 aliphatic rings. The van der Waals surface area contributed by atoms with Crippen LogP contribution in [0.3, 0.4) is 0 Å². The standard InChI is InChI=1S/C16H24/c1-2-14-9-6-10-16(13-14)12-11-15-7-4-3-5-8-15/h3-5,7-8,14,16H,2,6,9-13H2,1H3. The number of rotatable bonds is 4. The van der Waals surface area contributed by atoms with E-state index in [0.717, 1.165) is 11.8 Å². The maximum Gasteiger partial charge on any atom is -0.0276 e. The third kappa shape index (κ3) is 3.37. The molecule has 88 valence electrons. The van der Waals surface area contributed by atoms with Gasteiger partial charge in [0, 0.05) is 0 Å². The molecule has 1 aromatic carbocycles. The second kappa shape index (κ2) is 6.08. The molecule has 0 heteroatoms. The molecular formula is C16H24. The summed E-state index contributed by atoms with van der Waals surface area (Å²) in [6.07, 6.45) is 9.99. The smallest absolute Gasteiger partial charge is 0.0276 e. The van der Waals surface area contributed by atoms with E-state index in [9.17, 15) is 0 Å². The van der Waals surface area contributed by atoms with Crippen LogP contribution in [0.2, 0.25) is 0 Å². The van der Waals surface area contributed by atoms with Crippen LogP contribution >= 0.6 is 0 Å². The molecule has 0 bridgehead atoms. The Labute approximate surface area is 100 Å². The van der Waals surface area contributed by atoms with Crippen molar-refractivity contribution in [2.24, 2.45) is 11.8 Å². The summed E-state index contributed by atoms with van der Waals surface area (Å²) >= 11 is 0. The van der Waals surface area contributed by atoms with Crippen molar-refractivity contribution in [3.05, 3.63) is 35.9 Å². The molecule has 1 fully saturated rings. The minimum absolute atomic E-state index is 0.999. The number of benzene rings is 1. The maximum absolute atomic E-state index is 2.35. The Morgan fingerprint density at radius 3 is 2.56 bits per heavy atom. The van der Waals surface area contributed by atoms with Gasteiger partial charge in [0.15, 0.2) is 0 Å². The summed E-state index contributed by atoms with van der Waals surface area (Å²) < 4.78 is 0. The topological polar surface area (TPSA) is 0 Å². The first kappa shape index (κ1) is 11.7. The first-order valence-electron chi connectivity index (χ1n) is 6.92. The van der Waals surface area contributed by atoms with Gasteiger partial charge in [-0.25, -0.2) is 0 Å². The zero-order valence-corrected chi connectivity index (χ0v) is 10.5. The largest absolute Gasteiger partial charge is 0.0651 e. The fourth-order valence-corrected chi connectivity index (χ4v) is 3.05. The fraction of sp³-hybridized carbons (Fsp3) is 0.625. The fourth-order valence-electron chi connectivity index (χ4n) is 3.05. The van der Waals surface area contributed by atoms with Crippen LogP contribution in [-0.2, 0) is 6.42 Å². The van der Waals surface area contributed by atoms with Crippen molar-refractivity contribution in [2.45, 2.75) is 51.9 Å². The van der Waals surface area contributed by atoms with Gasteiger partial charge in [-0.15, -0.1) is 0 Å². The summed E-state index contributed by atoms with van der Waals surface area (Å²) in [6, 6.07) is 11.0. The molecule has 0 heterocycles.